The number of hydrogen-bond donors (Lipinski definition) is 8. The summed E-state index contributed by atoms with van der Waals surface area (Å²) in [5, 5.41) is 23.5. The first kappa shape index (κ1) is 90.2. The summed E-state index contributed by atoms with van der Waals surface area (Å²) in [6.45, 7) is 32.7. The van der Waals surface area contributed by atoms with Crippen LogP contribution in [0.4, 0.5) is 23.3 Å². The maximum atomic E-state index is 12.1. The smallest absolute Gasteiger partial charge is 0.251 e. The normalized spacial score (nSPS) is 14.6. The summed E-state index contributed by atoms with van der Waals surface area (Å²) < 4.78 is 41.4. The molecule has 31 nitrogen and oxygen atoms in total. The number of likely N-dealkylation sites (tertiary alicyclic amines) is 1. The molecule has 5 aliphatic heterocycles. The molecular formula is C82H100I4N24O7S4. The molecule has 1 amide bonds. The van der Waals surface area contributed by atoms with Crippen molar-refractivity contribution in [3.63, 3.8) is 0 Å². The van der Waals surface area contributed by atoms with Crippen molar-refractivity contribution in [1.82, 2.24) is 98.9 Å². The van der Waals surface area contributed by atoms with E-state index in [1.165, 1.54) is 59.6 Å². The number of rotatable bonds is 24. The standard InChI is InChI=1S/C23H27IN6O3S.2C20H25IN6OS.C19H23IN6O2S/c1-13(31)22(32)29-6-2-14(3-7-29)4-8-30-21-19(20(25)26-12-27-21)28-23(30)34-18-11-17-15(5-9-33-17)10-16(18)24;2*1-20(2,3)10-23-5-6-27-18-16(17(22)24-11-25-18)26-19(27)29-15-9-14-12(4-7-28-14)8-13(15)21;1-19(2,3)24-5-4-6-26-17-15(16(21)22-9-23-17)25-18(26)29-14-8-13-12(7-11(14)20)27-10-28-13/h10-14,31H,2-9H2,1H3,(H2,25,26,27);2*8-9,11,23H,4-7,10H2,1-3H3,(H2,22,24,25);7-9,24H,4-6,10H2,1-3H3,(H2,21,22,23)/t13-;;;/m0.../s1/i24-3;21+4;21-3;20+4. The Kier molecular flexibility index (Phi) is 29.5. The molecule has 1 atom stereocenters. The quantitative estimate of drug-likeness (QED) is 0.0206. The van der Waals surface area contributed by atoms with Crippen molar-refractivity contribution in [2.24, 2.45) is 16.7 Å². The molecule has 0 aliphatic carbocycles. The number of benzene rings is 4. The van der Waals surface area contributed by atoms with Gasteiger partial charge in [-0.3, -0.25) is 4.79 Å². The van der Waals surface area contributed by atoms with Crippen LogP contribution in [0.1, 0.15) is 112 Å². The molecule has 8 aromatic heterocycles. The predicted octanol–water partition coefficient (Wildman–Crippen LogP) is 14.2. The first-order valence-corrected chi connectivity index (χ1v) is 47.6. The van der Waals surface area contributed by atoms with Crippen LogP contribution < -0.4 is 62.6 Å². The maximum Gasteiger partial charge on any atom is 0.251 e. The van der Waals surface area contributed by atoms with Crippen molar-refractivity contribution < 1.29 is 33.6 Å². The highest BCUT2D eigenvalue weighted by Gasteiger charge is 2.30. The molecule has 4 aromatic carbocycles. The number of aliphatic hydroxyl groups excluding tert-OH is 1. The van der Waals surface area contributed by atoms with E-state index < -0.39 is 6.10 Å². The molecule has 1 saturated heterocycles. The first-order chi connectivity index (χ1) is 57.8. The van der Waals surface area contributed by atoms with E-state index in [1.807, 2.05) is 12.1 Å². The van der Waals surface area contributed by atoms with E-state index in [-0.39, 0.29) is 29.1 Å². The fourth-order valence-electron chi connectivity index (χ4n) is 14.0. The zero-order chi connectivity index (χ0) is 85.6. The number of ether oxygens (including phenoxy) is 5. The van der Waals surface area contributed by atoms with Crippen LogP contribution in [0.3, 0.4) is 0 Å². The summed E-state index contributed by atoms with van der Waals surface area (Å²) in [6.07, 6.45) is 11.7. The number of carbonyl (C=O) groups excluding carboxylic acids is 1. The number of nitrogens with zero attached hydrogens (tertiary/aromatic N) is 17. The molecule has 1 fully saturated rings. The number of aryl methyl sites for hydroxylation is 2. The highest BCUT2D eigenvalue weighted by atomic mass is 131. The third kappa shape index (κ3) is 22.6. The number of amides is 1. The second kappa shape index (κ2) is 39.6. The summed E-state index contributed by atoms with van der Waals surface area (Å²) in [5.74, 6) is 6.31. The molecule has 12 N–H and O–H groups in total. The minimum absolute atomic E-state index is 0.0871. The number of aromatic nitrogens is 16. The fourth-order valence-corrected chi connectivity index (χ4v) is 21.1. The van der Waals surface area contributed by atoms with Crippen LogP contribution in [0.5, 0.6) is 28.7 Å². The van der Waals surface area contributed by atoms with Gasteiger partial charge in [0.1, 0.15) is 48.7 Å². The van der Waals surface area contributed by atoms with Crippen LogP contribution in [0.2, 0.25) is 0 Å². The zero-order valence-corrected chi connectivity index (χ0v) is 81.0. The Morgan fingerprint density at radius 2 is 0.860 bits per heavy atom. The minimum atomic E-state index is -0.939. The van der Waals surface area contributed by atoms with Crippen LogP contribution in [-0.2, 0) is 50.2 Å². The van der Waals surface area contributed by atoms with Gasteiger partial charge in [-0.25, -0.2) is 59.8 Å². The average Bonchev–Trinajstić information content (AvgIpc) is 1.64. The van der Waals surface area contributed by atoms with Crippen molar-refractivity contribution in [3.05, 3.63) is 105 Å². The lowest BCUT2D eigenvalue weighted by atomic mass is 9.93. The SMILES string of the molecule is CC(C)(C)CNCCn1c(Sc2cc3c(cc2[124I])CCO3)nc2c(N)ncnc21.CC(C)(C)CNCCn1c(Sc2cc3c(cc2[131I])CCO3)nc2c(N)ncnc21.CC(C)(C)NCCCn1c(Sc2cc3c(cc2[131I])OCO3)nc2c(N)ncnc21.C[C@H](O)C(=O)N1CCC(CCn2c(Sc3cc4c(cc3[124I])CCO4)nc3c(N)ncnc32)CC1. The highest BCUT2D eigenvalue weighted by molar-refractivity contribution is 14.1. The Morgan fingerprint density at radius 3 is 1.26 bits per heavy atom. The van der Waals surface area contributed by atoms with Gasteiger partial charge in [0.15, 0.2) is 100 Å². The van der Waals surface area contributed by atoms with Gasteiger partial charge >= 0.3 is 0 Å². The third-order valence-electron chi connectivity index (χ3n) is 20.2. The number of nitrogen functional groups attached to an aromatic ring is 4. The molecular weight excluding hydrogens is 2070 g/mol. The largest absolute Gasteiger partial charge is 0.493 e. The van der Waals surface area contributed by atoms with Gasteiger partial charge in [0.25, 0.3) is 5.91 Å². The molecule has 0 radical (unpaired) electrons. The van der Waals surface area contributed by atoms with E-state index in [0.717, 1.165) is 219 Å². The monoisotopic (exact) mass is 2170 g/mol. The van der Waals surface area contributed by atoms with E-state index in [1.54, 1.807) is 51.9 Å². The number of aliphatic hydroxyl groups is 1. The summed E-state index contributed by atoms with van der Waals surface area (Å²) in [6, 6.07) is 16.9. The van der Waals surface area contributed by atoms with Crippen molar-refractivity contribution in [2.75, 3.05) is 95.4 Å². The number of imidazole rings is 4. The van der Waals surface area contributed by atoms with Gasteiger partial charge in [-0.1, -0.05) is 88.6 Å². The van der Waals surface area contributed by atoms with Crippen LogP contribution in [-0.4, -0.2) is 178 Å². The molecule has 13 heterocycles. The van der Waals surface area contributed by atoms with Crippen molar-refractivity contribution in [2.45, 2.75) is 192 Å². The Bertz CT molecular complexity index is 5350. The lowest BCUT2D eigenvalue weighted by Gasteiger charge is -2.32. The number of nitrogens with two attached hydrogens (primary N) is 4. The average molecular weight is 2170 g/mol. The van der Waals surface area contributed by atoms with E-state index in [9.17, 15) is 9.90 Å². The summed E-state index contributed by atoms with van der Waals surface area (Å²) in [7, 11) is 0. The highest BCUT2D eigenvalue weighted by Crippen LogP contribution is 2.45. The van der Waals surface area contributed by atoms with Crippen LogP contribution in [0, 0.1) is 31.0 Å². The lowest BCUT2D eigenvalue weighted by molar-refractivity contribution is -0.140. The lowest BCUT2D eigenvalue weighted by Crippen LogP contribution is -2.43. The van der Waals surface area contributed by atoms with Gasteiger partial charge in [-0.05, 0) is 232 Å². The van der Waals surface area contributed by atoms with E-state index in [4.69, 9.17) is 66.6 Å². The Hall–Kier alpha value is -7.09. The Morgan fingerprint density at radius 1 is 0.496 bits per heavy atom. The topological polar surface area (TPSA) is 401 Å². The van der Waals surface area contributed by atoms with Crippen LogP contribution in [0.25, 0.3) is 44.7 Å². The number of nitrogens with one attached hydrogen (secondary N) is 3. The number of piperidine rings is 1. The van der Waals surface area contributed by atoms with Crippen LogP contribution in [0.15, 0.2) is 114 Å². The number of anilines is 4. The molecule has 121 heavy (non-hydrogen) atoms. The van der Waals surface area contributed by atoms with E-state index in [2.05, 4.69) is 263 Å². The summed E-state index contributed by atoms with van der Waals surface area (Å²) >= 11 is 15.8. The van der Waals surface area contributed by atoms with Gasteiger partial charge in [0.2, 0.25) is 6.79 Å². The van der Waals surface area contributed by atoms with Crippen molar-refractivity contribution >= 4 is 211 Å². The second-order valence-electron chi connectivity index (χ2n) is 33.2. The van der Waals surface area contributed by atoms with Gasteiger partial charge in [0.05, 0.1) is 19.8 Å². The number of carbonyl (C=O) groups is 1. The van der Waals surface area contributed by atoms with Gasteiger partial charge < -0.3 is 90.8 Å². The van der Waals surface area contributed by atoms with Gasteiger partial charge in [0, 0.05) is 124 Å². The van der Waals surface area contributed by atoms with Crippen molar-refractivity contribution in [1.29, 1.82) is 0 Å². The van der Waals surface area contributed by atoms with Crippen LogP contribution >= 0.6 is 137 Å². The molecule has 642 valence electrons. The molecule has 0 spiro atoms. The molecule has 39 heteroatoms. The number of halogens is 4. The van der Waals surface area contributed by atoms with Gasteiger partial charge in [-0.2, -0.15) is 0 Å². The molecule has 0 bridgehead atoms. The fraction of sp³-hybridized carbons (Fsp3) is 0.451. The third-order valence-corrected chi connectivity index (χ3v) is 29.4. The Balaban J connectivity index is 0.000000132. The summed E-state index contributed by atoms with van der Waals surface area (Å²) in [4.78, 5) is 71.6. The van der Waals surface area contributed by atoms with Crippen molar-refractivity contribution in [3.8, 4) is 28.7 Å². The number of fused-ring (bicyclic) bond motifs is 8. The van der Waals surface area contributed by atoms with E-state index in [0.29, 0.717) is 64.3 Å². The Labute approximate surface area is 774 Å². The minimum Gasteiger partial charge on any atom is -0.493 e. The van der Waals surface area contributed by atoms with E-state index >= 15 is 0 Å². The second-order valence-corrected chi connectivity index (χ2v) is 41.8. The maximum absolute atomic E-state index is 12.1. The molecule has 5 aliphatic rings. The summed E-state index contributed by atoms with van der Waals surface area (Å²) in [5.41, 5.74) is 34.3. The predicted molar refractivity (Wildman–Crippen MR) is 508 cm³/mol. The molecule has 0 saturated carbocycles. The number of hydrogen-bond acceptors (Lipinski definition) is 30. The molecule has 12 aromatic rings. The molecule has 0 unspecified atom stereocenters. The zero-order valence-electron chi connectivity index (χ0n) is 69.1. The molecule has 17 rings (SSSR count). The van der Waals surface area contributed by atoms with Gasteiger partial charge in [-0.15, -0.1) is 0 Å². The first-order valence-electron chi connectivity index (χ1n) is 40.0.